The maximum absolute atomic E-state index is 13.2. The van der Waals surface area contributed by atoms with E-state index < -0.39 is 5.37 Å². The molecule has 18 heavy (non-hydrogen) atoms. The van der Waals surface area contributed by atoms with Crippen LogP contribution in [0.2, 0.25) is 0 Å². The summed E-state index contributed by atoms with van der Waals surface area (Å²) < 4.78 is 14.0. The number of anilines is 1. The molecule has 2 aromatic carbocycles. The first kappa shape index (κ1) is 12.9. The fourth-order valence-corrected chi connectivity index (χ4v) is 1.88. The van der Waals surface area contributed by atoms with Crippen LogP contribution in [-0.4, -0.2) is 5.37 Å². The summed E-state index contributed by atoms with van der Waals surface area (Å²) in [5.74, 6) is -0.361. The van der Waals surface area contributed by atoms with Gasteiger partial charge in [0, 0.05) is 17.3 Å². The third kappa shape index (κ3) is 2.63. The van der Waals surface area contributed by atoms with Crippen molar-refractivity contribution in [3.8, 4) is 11.1 Å². The Morgan fingerprint density at radius 2 is 1.83 bits per heavy atom. The predicted octanol–water partition coefficient (Wildman–Crippen LogP) is 4.81. The average molecular weight is 284 g/mol. The quantitative estimate of drug-likeness (QED) is 0.440. The van der Waals surface area contributed by atoms with Crippen LogP contribution < -0.4 is 4.42 Å². The van der Waals surface area contributed by atoms with Crippen LogP contribution in [0.25, 0.3) is 11.1 Å². The second-order valence-corrected chi connectivity index (χ2v) is 4.22. The van der Waals surface area contributed by atoms with Gasteiger partial charge in [-0.15, -0.1) is 0 Å². The molecule has 0 aliphatic heterocycles. The van der Waals surface area contributed by atoms with Crippen LogP contribution >= 0.6 is 23.4 Å². The zero-order valence-corrected chi connectivity index (χ0v) is 10.6. The third-order valence-corrected chi connectivity index (χ3v) is 3.00. The number of hydrogen-bond acceptors (Lipinski definition) is 1. The molecule has 0 unspecified atom stereocenters. The number of amides is 1. The van der Waals surface area contributed by atoms with Gasteiger partial charge in [0.05, 0.1) is 5.69 Å². The van der Waals surface area contributed by atoms with E-state index in [1.54, 1.807) is 36.4 Å². The van der Waals surface area contributed by atoms with E-state index >= 15 is 0 Å². The van der Waals surface area contributed by atoms with Gasteiger partial charge < -0.3 is 0 Å². The fourth-order valence-electron chi connectivity index (χ4n) is 1.64. The molecule has 0 atom stereocenters. The molecule has 2 nitrogen and oxygen atoms in total. The summed E-state index contributed by atoms with van der Waals surface area (Å²) in [5.41, 5.74) is 1.65. The SMILES string of the molecule is O=C(Cl)N(Cl)c1ccccc1-c1cccc(F)c1. The second kappa shape index (κ2) is 5.38. The molecule has 0 saturated heterocycles. The molecule has 1 amide bonds. The van der Waals surface area contributed by atoms with Gasteiger partial charge in [0.15, 0.2) is 0 Å². The Kier molecular flexibility index (Phi) is 3.84. The van der Waals surface area contributed by atoms with Gasteiger partial charge in [0.1, 0.15) is 5.82 Å². The summed E-state index contributed by atoms with van der Waals surface area (Å²) >= 11 is 11.1. The lowest BCUT2D eigenvalue weighted by Crippen LogP contribution is -2.13. The summed E-state index contributed by atoms with van der Waals surface area (Å²) in [7, 11) is 0. The monoisotopic (exact) mass is 283 g/mol. The Labute approximate surface area is 114 Å². The highest BCUT2D eigenvalue weighted by atomic mass is 35.5. The van der Waals surface area contributed by atoms with Crippen LogP contribution in [0.5, 0.6) is 0 Å². The van der Waals surface area contributed by atoms with Crippen molar-refractivity contribution in [2.45, 2.75) is 0 Å². The predicted molar refractivity (Wildman–Crippen MR) is 71.4 cm³/mol. The lowest BCUT2D eigenvalue weighted by molar-refractivity contribution is 0.267. The molecule has 0 N–H and O–H groups in total. The van der Waals surface area contributed by atoms with Crippen LogP contribution in [0.4, 0.5) is 14.9 Å². The highest BCUT2D eigenvalue weighted by molar-refractivity contribution is 6.71. The van der Waals surface area contributed by atoms with Gasteiger partial charge in [0.25, 0.3) is 0 Å². The molecule has 0 bridgehead atoms. The van der Waals surface area contributed by atoms with E-state index in [1.165, 1.54) is 12.1 Å². The van der Waals surface area contributed by atoms with Crippen LogP contribution in [0.15, 0.2) is 48.5 Å². The summed E-state index contributed by atoms with van der Waals surface area (Å²) in [5, 5.41) is -0.819. The first-order valence-corrected chi connectivity index (χ1v) is 5.81. The number of carbonyl (C=O) groups excluding carboxylic acids is 1. The minimum atomic E-state index is -0.819. The summed E-state index contributed by atoms with van der Waals surface area (Å²) in [6.07, 6.45) is 0. The van der Waals surface area contributed by atoms with E-state index in [0.29, 0.717) is 16.8 Å². The topological polar surface area (TPSA) is 20.3 Å². The Hall–Kier alpha value is -1.58. The fraction of sp³-hybridized carbons (Fsp3) is 0. The van der Waals surface area contributed by atoms with E-state index in [-0.39, 0.29) is 5.82 Å². The number of halogens is 3. The Bertz CT molecular complexity index is 589. The zero-order valence-electron chi connectivity index (χ0n) is 9.11. The number of rotatable bonds is 2. The number of para-hydroxylation sites is 1. The van der Waals surface area contributed by atoms with Crippen molar-refractivity contribution in [3.63, 3.8) is 0 Å². The van der Waals surface area contributed by atoms with Gasteiger partial charge in [-0.1, -0.05) is 30.3 Å². The highest BCUT2D eigenvalue weighted by Gasteiger charge is 2.15. The summed E-state index contributed by atoms with van der Waals surface area (Å²) in [6.45, 7) is 0. The van der Waals surface area contributed by atoms with E-state index in [2.05, 4.69) is 0 Å². The van der Waals surface area contributed by atoms with Gasteiger partial charge in [-0.2, -0.15) is 0 Å². The first-order valence-electron chi connectivity index (χ1n) is 5.10. The number of benzene rings is 2. The van der Waals surface area contributed by atoms with Crippen molar-refractivity contribution in [3.05, 3.63) is 54.3 Å². The molecule has 0 fully saturated rings. The summed E-state index contributed by atoms with van der Waals surface area (Å²) in [6, 6.07) is 12.9. The Morgan fingerprint density at radius 1 is 1.11 bits per heavy atom. The Morgan fingerprint density at radius 3 is 2.50 bits per heavy atom. The maximum atomic E-state index is 13.2. The molecule has 5 heteroatoms. The van der Waals surface area contributed by atoms with E-state index in [4.69, 9.17) is 23.4 Å². The van der Waals surface area contributed by atoms with Gasteiger partial charge in [-0.05, 0) is 35.4 Å². The van der Waals surface area contributed by atoms with E-state index in [0.717, 1.165) is 4.42 Å². The molecular weight excluding hydrogens is 276 g/mol. The van der Waals surface area contributed by atoms with Crippen molar-refractivity contribution in [1.82, 2.24) is 0 Å². The standard InChI is InChI=1S/C13H8Cl2FNO/c14-13(18)17(15)12-7-2-1-6-11(12)9-4-3-5-10(16)8-9/h1-8H. The zero-order chi connectivity index (χ0) is 13.1. The van der Waals surface area contributed by atoms with Gasteiger partial charge in [-0.3, -0.25) is 4.79 Å². The number of nitrogens with zero attached hydrogens (tertiary/aromatic N) is 1. The minimum Gasteiger partial charge on any atom is -0.254 e. The van der Waals surface area contributed by atoms with Gasteiger partial charge in [-0.25, -0.2) is 8.81 Å². The van der Waals surface area contributed by atoms with Crippen LogP contribution in [0.3, 0.4) is 0 Å². The summed E-state index contributed by atoms with van der Waals surface area (Å²) in [4.78, 5) is 11.1. The molecule has 0 saturated carbocycles. The largest absolute Gasteiger partial charge is 0.335 e. The van der Waals surface area contributed by atoms with Crippen molar-refractivity contribution in [2.24, 2.45) is 0 Å². The third-order valence-electron chi connectivity index (χ3n) is 2.41. The molecule has 2 aromatic rings. The minimum absolute atomic E-state index is 0.361. The molecule has 2 rings (SSSR count). The molecule has 0 heterocycles. The van der Waals surface area contributed by atoms with Crippen molar-refractivity contribution < 1.29 is 9.18 Å². The number of hydrogen-bond donors (Lipinski definition) is 0. The molecule has 0 spiro atoms. The lowest BCUT2D eigenvalue weighted by atomic mass is 10.0. The Balaban J connectivity index is 2.55. The first-order chi connectivity index (χ1) is 8.59. The molecule has 0 radical (unpaired) electrons. The second-order valence-electron chi connectivity index (χ2n) is 3.56. The van der Waals surface area contributed by atoms with E-state index in [9.17, 15) is 9.18 Å². The molecule has 92 valence electrons. The molecule has 0 aliphatic carbocycles. The van der Waals surface area contributed by atoms with Crippen molar-refractivity contribution in [1.29, 1.82) is 0 Å². The number of carbonyl (C=O) groups is 1. The van der Waals surface area contributed by atoms with Crippen LogP contribution in [0.1, 0.15) is 0 Å². The average Bonchev–Trinajstić information content (AvgIpc) is 2.38. The highest BCUT2D eigenvalue weighted by Crippen LogP contribution is 2.32. The van der Waals surface area contributed by atoms with Gasteiger partial charge >= 0.3 is 5.37 Å². The van der Waals surface area contributed by atoms with E-state index in [1.807, 2.05) is 0 Å². The van der Waals surface area contributed by atoms with Crippen molar-refractivity contribution >= 4 is 34.4 Å². The van der Waals surface area contributed by atoms with Crippen LogP contribution in [0, 0.1) is 5.82 Å². The smallest absolute Gasteiger partial charge is 0.254 e. The van der Waals surface area contributed by atoms with Gasteiger partial charge in [0.2, 0.25) is 0 Å². The molecule has 0 aliphatic rings. The lowest BCUT2D eigenvalue weighted by Gasteiger charge is -2.15. The normalized spacial score (nSPS) is 10.2. The molecule has 0 aromatic heterocycles. The maximum Gasteiger partial charge on any atom is 0.335 e. The molecular formula is C13H8Cl2FNO. The van der Waals surface area contributed by atoms with Crippen LogP contribution in [-0.2, 0) is 0 Å². The van der Waals surface area contributed by atoms with Crippen molar-refractivity contribution in [2.75, 3.05) is 4.42 Å².